The van der Waals surface area contributed by atoms with Crippen molar-refractivity contribution in [2.45, 2.75) is 57.2 Å². The molecule has 0 aromatic heterocycles. The second kappa shape index (κ2) is 5.19. The lowest BCUT2D eigenvalue weighted by Crippen LogP contribution is -2.58. The lowest BCUT2D eigenvalue weighted by Gasteiger charge is -2.62. The molecule has 4 saturated carbocycles. The number of halogens is 3. The summed E-state index contributed by atoms with van der Waals surface area (Å²) < 4.78 is 46.6. The maximum atomic E-state index is 13.5. The van der Waals surface area contributed by atoms with E-state index in [0.717, 1.165) is 19.3 Å². The van der Waals surface area contributed by atoms with Crippen molar-refractivity contribution >= 4 is 11.8 Å². The maximum Gasteiger partial charge on any atom is 0.412 e. The van der Waals surface area contributed by atoms with Gasteiger partial charge in [-0.3, -0.25) is 0 Å². The van der Waals surface area contributed by atoms with Gasteiger partial charge in [0.25, 0.3) is 0 Å². The molecule has 2 atom stereocenters. The molecule has 0 amide bonds. The van der Waals surface area contributed by atoms with Crippen molar-refractivity contribution in [3.8, 4) is 0 Å². The van der Waals surface area contributed by atoms with E-state index in [1.165, 1.54) is 13.0 Å². The van der Waals surface area contributed by atoms with Crippen LogP contribution in [-0.4, -0.2) is 24.0 Å². The fourth-order valence-corrected chi connectivity index (χ4v) is 5.98. The monoisotopic (exact) mass is 320 g/mol. The minimum Gasteiger partial charge on any atom is -0.364 e. The Labute approximate surface area is 128 Å². The summed E-state index contributed by atoms with van der Waals surface area (Å²) in [5.74, 6) is 1.41. The predicted molar refractivity (Wildman–Crippen MR) is 79.1 cm³/mol. The zero-order valence-electron chi connectivity index (χ0n) is 12.6. The van der Waals surface area contributed by atoms with Gasteiger partial charge >= 0.3 is 6.18 Å². The summed E-state index contributed by atoms with van der Waals surface area (Å²) >= 11 is 1.61. The highest BCUT2D eigenvalue weighted by Crippen LogP contribution is 2.66. The molecule has 4 aliphatic rings. The molecule has 5 heteroatoms. The minimum absolute atomic E-state index is 0.291. The Morgan fingerprint density at radius 2 is 1.86 bits per heavy atom. The molecule has 120 valence electrons. The molecule has 0 aromatic rings. The Balaban J connectivity index is 1.93. The fraction of sp³-hybridized carbons (Fsp3) is 0.875. The van der Waals surface area contributed by atoms with Crippen LogP contribution in [0.1, 0.15) is 45.4 Å². The number of hydrogen-bond donors (Lipinski definition) is 0. The van der Waals surface area contributed by atoms with Gasteiger partial charge in [-0.2, -0.15) is 13.2 Å². The zero-order chi connectivity index (χ0) is 15.3. The summed E-state index contributed by atoms with van der Waals surface area (Å²) in [5.41, 5.74) is -1.27. The number of hydrogen-bond acceptors (Lipinski definition) is 2. The Morgan fingerprint density at radius 1 is 1.24 bits per heavy atom. The highest BCUT2D eigenvalue weighted by molar-refractivity contribution is 7.98. The van der Waals surface area contributed by atoms with Crippen LogP contribution >= 0.6 is 11.8 Å². The molecule has 0 N–H and O–H groups in total. The van der Waals surface area contributed by atoms with Crippen LogP contribution < -0.4 is 0 Å². The number of rotatable bonds is 4. The largest absolute Gasteiger partial charge is 0.412 e. The molecule has 1 nitrogen and oxygen atoms in total. The molecule has 4 bridgehead atoms. The lowest BCUT2D eigenvalue weighted by atomic mass is 9.46. The average molecular weight is 320 g/mol. The van der Waals surface area contributed by atoms with Crippen molar-refractivity contribution in [3.05, 3.63) is 11.6 Å². The third-order valence-corrected chi connectivity index (χ3v) is 6.01. The van der Waals surface area contributed by atoms with Crippen LogP contribution in [0.4, 0.5) is 13.2 Å². The second-order valence-electron chi connectivity index (χ2n) is 7.18. The van der Waals surface area contributed by atoms with Gasteiger partial charge in [-0.15, -0.1) is 11.8 Å². The van der Waals surface area contributed by atoms with Crippen molar-refractivity contribution in [2.75, 3.05) is 12.2 Å². The molecule has 4 aliphatic carbocycles. The van der Waals surface area contributed by atoms with E-state index in [1.807, 2.05) is 6.26 Å². The van der Waals surface area contributed by atoms with Gasteiger partial charge in [0.05, 0.1) is 11.5 Å². The van der Waals surface area contributed by atoms with E-state index < -0.39 is 11.6 Å². The summed E-state index contributed by atoms with van der Waals surface area (Å²) in [6, 6.07) is 0. The smallest absolute Gasteiger partial charge is 0.364 e. The van der Waals surface area contributed by atoms with Crippen molar-refractivity contribution in [1.82, 2.24) is 0 Å². The van der Waals surface area contributed by atoms with Gasteiger partial charge in [0, 0.05) is 11.0 Å². The van der Waals surface area contributed by atoms with Crippen molar-refractivity contribution < 1.29 is 17.9 Å². The first kappa shape index (κ1) is 15.7. The van der Waals surface area contributed by atoms with E-state index >= 15 is 0 Å². The Kier molecular flexibility index (Phi) is 3.89. The molecule has 4 rings (SSSR count). The zero-order valence-corrected chi connectivity index (χ0v) is 13.4. The number of alkyl halides is 3. The van der Waals surface area contributed by atoms with E-state index in [2.05, 4.69) is 0 Å². The third-order valence-electron chi connectivity index (χ3n) is 5.66. The second-order valence-corrected chi connectivity index (χ2v) is 7.99. The van der Waals surface area contributed by atoms with Crippen LogP contribution in [-0.2, 0) is 4.74 Å². The highest BCUT2D eigenvalue weighted by Gasteiger charge is 2.62. The number of ether oxygens (including phenoxy) is 1. The summed E-state index contributed by atoms with van der Waals surface area (Å²) in [6.07, 6.45) is 4.06. The molecular formula is C16H23F3OS. The van der Waals surface area contributed by atoms with Crippen LogP contribution in [0.5, 0.6) is 0 Å². The van der Waals surface area contributed by atoms with E-state index in [-0.39, 0.29) is 11.2 Å². The Morgan fingerprint density at radius 3 is 2.33 bits per heavy atom. The number of thioether (sulfide) groups is 1. The standard InChI is InChI=1S/C16H23F3OS/c1-3-13(16(17,18)19)14-5-11-4-12(6-14)8-15(7-11,9-14)20-10-21-2/h3,11-12H,4-10H2,1-2H3. The van der Waals surface area contributed by atoms with Gasteiger partial charge in [-0.05, 0) is 63.5 Å². The SMILES string of the molecule is CC=C(C(F)(F)F)C12CC3CC(CC(OCSC)(C3)C1)C2. The molecule has 0 aliphatic heterocycles. The highest BCUT2D eigenvalue weighted by atomic mass is 32.2. The predicted octanol–water partition coefficient (Wildman–Crippen LogP) is 5.17. The number of allylic oxidation sites excluding steroid dienone is 2. The topological polar surface area (TPSA) is 9.23 Å². The van der Waals surface area contributed by atoms with Gasteiger partial charge < -0.3 is 4.74 Å². The molecule has 0 spiro atoms. The maximum absolute atomic E-state index is 13.5. The summed E-state index contributed by atoms with van der Waals surface area (Å²) in [4.78, 5) is 0. The fourth-order valence-electron chi connectivity index (χ4n) is 5.62. The summed E-state index contributed by atoms with van der Waals surface area (Å²) in [7, 11) is 0. The molecule has 0 aromatic carbocycles. The molecular weight excluding hydrogens is 297 g/mol. The van der Waals surface area contributed by atoms with Crippen LogP contribution in [0.15, 0.2) is 11.6 Å². The van der Waals surface area contributed by atoms with Gasteiger partial charge in [-0.1, -0.05) is 6.08 Å². The van der Waals surface area contributed by atoms with Crippen molar-refractivity contribution in [1.29, 1.82) is 0 Å². The molecule has 2 unspecified atom stereocenters. The van der Waals surface area contributed by atoms with Crippen LogP contribution in [0.2, 0.25) is 0 Å². The normalized spacial score (nSPS) is 42.6. The molecule has 21 heavy (non-hydrogen) atoms. The van der Waals surface area contributed by atoms with Gasteiger partial charge in [0.15, 0.2) is 0 Å². The van der Waals surface area contributed by atoms with E-state index in [0.29, 0.717) is 37.0 Å². The van der Waals surface area contributed by atoms with E-state index in [9.17, 15) is 13.2 Å². The van der Waals surface area contributed by atoms with Crippen molar-refractivity contribution in [3.63, 3.8) is 0 Å². The summed E-state index contributed by atoms with van der Waals surface area (Å²) in [5, 5.41) is 0. The first-order chi connectivity index (χ1) is 9.82. The van der Waals surface area contributed by atoms with Crippen LogP contribution in [0.3, 0.4) is 0 Å². The first-order valence-corrected chi connectivity index (χ1v) is 9.09. The first-order valence-electron chi connectivity index (χ1n) is 7.69. The van der Waals surface area contributed by atoms with Gasteiger partial charge in [-0.25, -0.2) is 0 Å². The Bertz CT molecular complexity index is 429. The summed E-state index contributed by atoms with van der Waals surface area (Å²) in [6.45, 7) is 1.54. The molecule has 0 radical (unpaired) electrons. The molecule has 0 saturated heterocycles. The van der Waals surface area contributed by atoms with E-state index in [1.54, 1.807) is 11.8 Å². The quantitative estimate of drug-likeness (QED) is 0.522. The van der Waals surface area contributed by atoms with Crippen LogP contribution in [0.25, 0.3) is 0 Å². The van der Waals surface area contributed by atoms with E-state index in [4.69, 9.17) is 4.74 Å². The third kappa shape index (κ3) is 2.65. The van der Waals surface area contributed by atoms with Crippen molar-refractivity contribution in [2.24, 2.45) is 17.3 Å². The van der Waals surface area contributed by atoms with Crippen LogP contribution in [0, 0.1) is 17.3 Å². The Hall–Kier alpha value is -0.160. The average Bonchev–Trinajstić information content (AvgIpc) is 2.33. The van der Waals surface area contributed by atoms with Gasteiger partial charge in [0.2, 0.25) is 0 Å². The lowest BCUT2D eigenvalue weighted by molar-refractivity contribution is -0.192. The minimum atomic E-state index is -4.21. The van der Waals surface area contributed by atoms with Gasteiger partial charge in [0.1, 0.15) is 0 Å². The molecule has 0 heterocycles. The molecule has 4 fully saturated rings.